The molecule has 0 radical (unpaired) electrons. The minimum absolute atomic E-state index is 0.453. The predicted octanol–water partition coefficient (Wildman–Crippen LogP) is 1.38. The Bertz CT molecular complexity index is 538. The monoisotopic (exact) mass is 258 g/mol. The van der Waals surface area contributed by atoms with Crippen LogP contribution in [0.1, 0.15) is 18.1 Å². The van der Waals surface area contributed by atoms with Crippen molar-refractivity contribution in [2.45, 2.75) is 26.0 Å². The highest BCUT2D eigenvalue weighted by molar-refractivity contribution is 5.21. The first kappa shape index (κ1) is 12.2. The van der Waals surface area contributed by atoms with Gasteiger partial charge in [0.2, 0.25) is 0 Å². The molecular formula is C14H18N4O. The average molecular weight is 258 g/mol. The lowest BCUT2D eigenvalue weighted by molar-refractivity contribution is 0.277. The minimum atomic E-state index is 0.453. The number of hydrogen-bond acceptors (Lipinski definition) is 4. The molecule has 5 nitrogen and oxygen atoms in total. The molecule has 2 heterocycles. The number of ether oxygens (including phenoxy) is 1. The fraction of sp³-hybridized carbons (Fsp3) is 0.429. The number of rotatable bonds is 4. The van der Waals surface area contributed by atoms with E-state index < -0.39 is 0 Å². The smallest absolute Gasteiger partial charge is 0.171 e. The molecular weight excluding hydrogens is 240 g/mol. The Morgan fingerprint density at radius 2 is 2.11 bits per heavy atom. The molecule has 19 heavy (non-hydrogen) atoms. The van der Waals surface area contributed by atoms with Crippen LogP contribution in [0.2, 0.25) is 0 Å². The Kier molecular flexibility index (Phi) is 3.46. The Morgan fingerprint density at radius 1 is 1.26 bits per heavy atom. The maximum Gasteiger partial charge on any atom is 0.171 e. The number of nitrogens with zero attached hydrogens (tertiary/aromatic N) is 3. The molecule has 1 aromatic heterocycles. The largest absolute Gasteiger partial charge is 0.486 e. The summed E-state index contributed by atoms with van der Waals surface area (Å²) in [7, 11) is 0. The van der Waals surface area contributed by atoms with E-state index in [2.05, 4.69) is 14.8 Å². The fourth-order valence-corrected chi connectivity index (χ4v) is 2.41. The summed E-state index contributed by atoms with van der Waals surface area (Å²) in [6.45, 7) is 2.08. The van der Waals surface area contributed by atoms with E-state index in [-0.39, 0.29) is 0 Å². The molecule has 2 aromatic rings. The van der Waals surface area contributed by atoms with E-state index in [1.165, 1.54) is 0 Å². The Hall–Kier alpha value is -1.88. The number of nitrogens with two attached hydrogens (primary N) is 1. The maximum atomic E-state index is 5.76. The van der Waals surface area contributed by atoms with Crippen LogP contribution in [0.15, 0.2) is 30.3 Å². The second kappa shape index (κ2) is 5.40. The Labute approximate surface area is 112 Å². The first-order valence-corrected chi connectivity index (χ1v) is 6.65. The van der Waals surface area contributed by atoms with Crippen LogP contribution in [-0.2, 0) is 19.6 Å². The van der Waals surface area contributed by atoms with Crippen molar-refractivity contribution >= 4 is 0 Å². The highest BCUT2D eigenvalue weighted by Crippen LogP contribution is 2.20. The van der Waals surface area contributed by atoms with Crippen LogP contribution < -0.4 is 10.5 Å². The molecule has 0 bridgehead atoms. The SMILES string of the molecule is NCC1CCc2nnc(COc3ccccc3)n2C1. The lowest BCUT2D eigenvalue weighted by Gasteiger charge is -2.22. The van der Waals surface area contributed by atoms with E-state index in [1.54, 1.807) is 0 Å². The number of hydrogen-bond donors (Lipinski definition) is 1. The standard InChI is InChI=1S/C14H18N4O/c15-8-11-6-7-13-16-17-14(18(13)9-11)10-19-12-4-2-1-3-5-12/h1-5,11H,6-10,15H2. The molecule has 0 spiro atoms. The van der Waals surface area contributed by atoms with E-state index in [0.29, 0.717) is 12.5 Å². The molecule has 5 heteroatoms. The summed E-state index contributed by atoms with van der Waals surface area (Å²) in [5.41, 5.74) is 5.76. The molecule has 1 aliphatic heterocycles. The molecule has 1 unspecified atom stereocenters. The number of benzene rings is 1. The highest BCUT2D eigenvalue weighted by atomic mass is 16.5. The molecule has 100 valence electrons. The first-order chi connectivity index (χ1) is 9.36. The predicted molar refractivity (Wildman–Crippen MR) is 71.7 cm³/mol. The van der Waals surface area contributed by atoms with Gasteiger partial charge in [0, 0.05) is 13.0 Å². The fourth-order valence-electron chi connectivity index (χ4n) is 2.41. The zero-order chi connectivity index (χ0) is 13.1. The van der Waals surface area contributed by atoms with Gasteiger partial charge in [-0.05, 0) is 31.0 Å². The van der Waals surface area contributed by atoms with Crippen molar-refractivity contribution < 1.29 is 4.74 Å². The van der Waals surface area contributed by atoms with Crippen LogP contribution in [0.3, 0.4) is 0 Å². The third kappa shape index (κ3) is 2.61. The average Bonchev–Trinajstić information content (AvgIpc) is 2.88. The number of para-hydroxylation sites is 1. The molecule has 0 saturated carbocycles. The summed E-state index contributed by atoms with van der Waals surface area (Å²) < 4.78 is 7.89. The molecule has 1 aromatic carbocycles. The molecule has 3 rings (SSSR count). The summed E-state index contributed by atoms with van der Waals surface area (Å²) in [5, 5.41) is 8.46. The zero-order valence-corrected chi connectivity index (χ0v) is 10.8. The van der Waals surface area contributed by atoms with Crippen molar-refractivity contribution in [3.05, 3.63) is 42.0 Å². The van der Waals surface area contributed by atoms with Gasteiger partial charge in [-0.15, -0.1) is 10.2 Å². The molecule has 0 amide bonds. The summed E-state index contributed by atoms with van der Waals surface area (Å²) in [4.78, 5) is 0. The van der Waals surface area contributed by atoms with Gasteiger partial charge in [0.15, 0.2) is 5.82 Å². The van der Waals surface area contributed by atoms with Crippen LogP contribution in [-0.4, -0.2) is 21.3 Å². The molecule has 1 atom stereocenters. The quantitative estimate of drug-likeness (QED) is 0.899. The Morgan fingerprint density at radius 3 is 2.89 bits per heavy atom. The first-order valence-electron chi connectivity index (χ1n) is 6.65. The Balaban J connectivity index is 1.71. The van der Waals surface area contributed by atoms with E-state index in [4.69, 9.17) is 10.5 Å². The van der Waals surface area contributed by atoms with Crippen molar-refractivity contribution in [1.82, 2.24) is 14.8 Å². The maximum absolute atomic E-state index is 5.76. The van der Waals surface area contributed by atoms with Gasteiger partial charge in [0.1, 0.15) is 18.2 Å². The number of fused-ring (bicyclic) bond motifs is 1. The van der Waals surface area contributed by atoms with Crippen LogP contribution in [0.5, 0.6) is 5.75 Å². The molecule has 0 fully saturated rings. The van der Waals surface area contributed by atoms with E-state index in [1.807, 2.05) is 30.3 Å². The van der Waals surface area contributed by atoms with Crippen LogP contribution in [0.4, 0.5) is 0 Å². The van der Waals surface area contributed by atoms with Crippen LogP contribution in [0.25, 0.3) is 0 Å². The second-order valence-electron chi connectivity index (χ2n) is 4.89. The molecule has 0 aliphatic carbocycles. The zero-order valence-electron chi connectivity index (χ0n) is 10.8. The molecule has 1 aliphatic rings. The van der Waals surface area contributed by atoms with Gasteiger partial charge in [0.05, 0.1) is 0 Å². The third-order valence-electron chi connectivity index (χ3n) is 3.57. The van der Waals surface area contributed by atoms with Crippen molar-refractivity contribution in [3.8, 4) is 5.75 Å². The lowest BCUT2D eigenvalue weighted by Crippen LogP contribution is -2.27. The number of aryl methyl sites for hydroxylation is 1. The van der Waals surface area contributed by atoms with Crippen molar-refractivity contribution in [3.63, 3.8) is 0 Å². The van der Waals surface area contributed by atoms with Gasteiger partial charge in [-0.2, -0.15) is 0 Å². The summed E-state index contributed by atoms with van der Waals surface area (Å²) in [6.07, 6.45) is 2.06. The minimum Gasteiger partial charge on any atom is -0.486 e. The van der Waals surface area contributed by atoms with E-state index in [0.717, 1.165) is 43.3 Å². The van der Waals surface area contributed by atoms with Gasteiger partial charge >= 0.3 is 0 Å². The van der Waals surface area contributed by atoms with Gasteiger partial charge in [0.25, 0.3) is 0 Å². The summed E-state index contributed by atoms with van der Waals surface area (Å²) >= 11 is 0. The van der Waals surface area contributed by atoms with Crippen molar-refractivity contribution in [2.75, 3.05) is 6.54 Å². The van der Waals surface area contributed by atoms with E-state index in [9.17, 15) is 0 Å². The normalized spacial score (nSPS) is 18.1. The van der Waals surface area contributed by atoms with Crippen molar-refractivity contribution in [2.24, 2.45) is 11.7 Å². The van der Waals surface area contributed by atoms with Gasteiger partial charge < -0.3 is 15.0 Å². The number of aromatic nitrogens is 3. The summed E-state index contributed by atoms with van der Waals surface area (Å²) in [6, 6.07) is 9.77. The lowest BCUT2D eigenvalue weighted by atomic mass is 10.00. The molecule has 2 N–H and O–H groups in total. The van der Waals surface area contributed by atoms with Crippen LogP contribution >= 0.6 is 0 Å². The topological polar surface area (TPSA) is 66.0 Å². The van der Waals surface area contributed by atoms with Gasteiger partial charge in [-0.3, -0.25) is 0 Å². The van der Waals surface area contributed by atoms with Crippen molar-refractivity contribution in [1.29, 1.82) is 0 Å². The van der Waals surface area contributed by atoms with Crippen LogP contribution in [0, 0.1) is 5.92 Å². The highest BCUT2D eigenvalue weighted by Gasteiger charge is 2.21. The van der Waals surface area contributed by atoms with Gasteiger partial charge in [-0.25, -0.2) is 0 Å². The second-order valence-corrected chi connectivity index (χ2v) is 4.89. The third-order valence-corrected chi connectivity index (χ3v) is 3.57. The van der Waals surface area contributed by atoms with E-state index >= 15 is 0 Å². The van der Waals surface area contributed by atoms with Gasteiger partial charge in [-0.1, -0.05) is 18.2 Å². The molecule has 0 saturated heterocycles. The summed E-state index contributed by atoms with van der Waals surface area (Å²) in [5.74, 6) is 3.32.